The van der Waals surface area contributed by atoms with E-state index in [1.165, 1.54) is 6.34 Å². The number of rotatable bonds is 2. The van der Waals surface area contributed by atoms with Crippen molar-refractivity contribution >= 4 is 64.3 Å². The van der Waals surface area contributed by atoms with E-state index in [1.807, 2.05) is 32.7 Å². The van der Waals surface area contributed by atoms with Crippen molar-refractivity contribution in [2.24, 2.45) is 10.5 Å². The Morgan fingerprint density at radius 1 is 1.11 bits per heavy atom. The fraction of sp³-hybridized carbons (Fsp3) is 0.900. The Kier molecular flexibility index (Phi) is 4.89. The highest BCUT2D eigenvalue weighted by molar-refractivity contribution is 6.75. The van der Waals surface area contributed by atoms with E-state index in [9.17, 15) is 0 Å². The molecule has 1 aliphatic heterocycles. The summed E-state index contributed by atoms with van der Waals surface area (Å²) >= 11 is 30.0. The predicted molar refractivity (Wildman–Crippen MR) is 80.7 cm³/mol. The lowest BCUT2D eigenvalue weighted by atomic mass is 9.91. The van der Waals surface area contributed by atoms with Crippen molar-refractivity contribution in [2.45, 2.75) is 42.1 Å². The molecule has 106 valence electrons. The second-order valence-electron chi connectivity index (χ2n) is 5.17. The first-order chi connectivity index (χ1) is 7.93. The number of nitrogens with zero attached hydrogens (tertiary/aromatic N) is 3. The summed E-state index contributed by atoms with van der Waals surface area (Å²) in [6, 6.07) is 0. The molecule has 0 fully saturated rings. The molecule has 0 bridgehead atoms. The molecule has 0 saturated heterocycles. The number of hydrogen-bond donors (Lipinski definition) is 0. The zero-order chi connectivity index (χ0) is 14.4. The molecular weight excluding hydrogens is 339 g/mol. The average molecular weight is 356 g/mol. The van der Waals surface area contributed by atoms with Gasteiger partial charge in [0.1, 0.15) is 12.5 Å². The minimum absolute atomic E-state index is 0.169. The summed E-state index contributed by atoms with van der Waals surface area (Å²) in [5, 5.41) is 6.11. The highest BCUT2D eigenvalue weighted by Gasteiger charge is 2.56. The molecule has 0 amide bonds. The Labute approximate surface area is 133 Å². The first-order valence-electron chi connectivity index (χ1n) is 5.46. The van der Waals surface area contributed by atoms with Crippen molar-refractivity contribution in [1.29, 1.82) is 0 Å². The van der Waals surface area contributed by atoms with Crippen LogP contribution in [0.25, 0.3) is 0 Å². The zero-order valence-electron chi connectivity index (χ0n) is 10.6. The Hall–Kier alpha value is 0.720. The molecule has 0 aliphatic carbocycles. The molecule has 1 aliphatic rings. The lowest BCUT2D eigenvalue weighted by Gasteiger charge is -2.45. The second-order valence-corrected chi connectivity index (χ2v) is 8.74. The predicted octanol–water partition coefficient (Wildman–Crippen LogP) is 4.44. The Bertz CT molecular complexity index is 331. The van der Waals surface area contributed by atoms with E-state index in [2.05, 4.69) is 5.10 Å². The summed E-state index contributed by atoms with van der Waals surface area (Å²) in [4.78, 5) is 1.58. The van der Waals surface area contributed by atoms with Gasteiger partial charge in [-0.05, 0) is 6.92 Å². The summed E-state index contributed by atoms with van der Waals surface area (Å²) in [5.41, 5.74) is -0.169. The summed E-state index contributed by atoms with van der Waals surface area (Å²) in [7, 11) is 0. The maximum absolute atomic E-state index is 6.22. The molecule has 8 heteroatoms. The van der Waals surface area contributed by atoms with Crippen LogP contribution >= 0.6 is 58.0 Å². The summed E-state index contributed by atoms with van der Waals surface area (Å²) < 4.78 is -3.54. The first-order valence-corrected chi connectivity index (χ1v) is 7.35. The van der Waals surface area contributed by atoms with E-state index in [0.717, 1.165) is 0 Å². The quantitative estimate of drug-likeness (QED) is 0.539. The van der Waals surface area contributed by atoms with Gasteiger partial charge in [-0.2, -0.15) is 5.10 Å². The molecule has 0 aromatic carbocycles. The van der Waals surface area contributed by atoms with E-state index >= 15 is 0 Å². The van der Waals surface area contributed by atoms with Gasteiger partial charge in [0, 0.05) is 12.0 Å². The lowest BCUT2D eigenvalue weighted by Crippen LogP contribution is -2.58. The van der Waals surface area contributed by atoms with Crippen LogP contribution < -0.4 is 0 Å². The van der Waals surface area contributed by atoms with Crippen LogP contribution in [-0.2, 0) is 0 Å². The van der Waals surface area contributed by atoms with Crippen LogP contribution in [0.1, 0.15) is 27.7 Å². The van der Waals surface area contributed by atoms with Crippen LogP contribution in [0, 0.1) is 5.41 Å². The highest BCUT2D eigenvalue weighted by atomic mass is 35.6. The first kappa shape index (κ1) is 16.8. The molecule has 18 heavy (non-hydrogen) atoms. The van der Waals surface area contributed by atoms with Crippen molar-refractivity contribution in [3.63, 3.8) is 0 Å². The Morgan fingerprint density at radius 3 is 1.94 bits per heavy atom. The molecule has 0 aromatic rings. The molecular formula is C10H16Cl5N3. The maximum atomic E-state index is 6.22. The standard InChI is InChI=1S/C10H16Cl5N3/c1-5-18-7(8(2,3)4)17(6-16-18)10(14,15)9(11,12)13/h6-7H,5H2,1-4H3. The number of halogens is 5. The van der Waals surface area contributed by atoms with E-state index in [0.29, 0.717) is 6.54 Å². The molecule has 0 N–H and O–H groups in total. The largest absolute Gasteiger partial charge is 0.303 e. The van der Waals surface area contributed by atoms with Crippen molar-refractivity contribution in [1.82, 2.24) is 9.91 Å². The third-order valence-corrected chi connectivity index (χ3v) is 4.99. The van der Waals surface area contributed by atoms with Gasteiger partial charge in [0.05, 0.1) is 0 Å². The monoisotopic (exact) mass is 353 g/mol. The second kappa shape index (κ2) is 5.25. The molecule has 3 nitrogen and oxygen atoms in total. The van der Waals surface area contributed by atoms with Crippen molar-refractivity contribution in [2.75, 3.05) is 6.54 Å². The van der Waals surface area contributed by atoms with Gasteiger partial charge in [0.25, 0.3) is 0 Å². The van der Waals surface area contributed by atoms with E-state index in [4.69, 9.17) is 58.0 Å². The molecule has 0 saturated carbocycles. The molecule has 0 radical (unpaired) electrons. The fourth-order valence-electron chi connectivity index (χ4n) is 1.88. The Morgan fingerprint density at radius 2 is 1.61 bits per heavy atom. The van der Waals surface area contributed by atoms with Gasteiger partial charge in [0.2, 0.25) is 8.25 Å². The van der Waals surface area contributed by atoms with E-state index < -0.39 is 8.25 Å². The van der Waals surface area contributed by atoms with Gasteiger partial charge in [0.15, 0.2) is 0 Å². The summed E-state index contributed by atoms with van der Waals surface area (Å²) in [6.07, 6.45) is 1.33. The number of hydrazone groups is 1. The minimum atomic E-state index is -1.85. The topological polar surface area (TPSA) is 18.8 Å². The zero-order valence-corrected chi connectivity index (χ0v) is 14.4. The van der Waals surface area contributed by atoms with Crippen molar-refractivity contribution in [3.8, 4) is 0 Å². The van der Waals surface area contributed by atoms with Gasteiger partial charge in [-0.15, -0.1) is 0 Å². The normalized spacial score (nSPS) is 21.9. The van der Waals surface area contributed by atoms with Crippen LogP contribution in [0.15, 0.2) is 5.10 Å². The van der Waals surface area contributed by atoms with Crippen molar-refractivity contribution < 1.29 is 0 Å². The van der Waals surface area contributed by atoms with E-state index in [1.54, 1.807) is 4.90 Å². The van der Waals surface area contributed by atoms with Crippen molar-refractivity contribution in [3.05, 3.63) is 0 Å². The molecule has 1 unspecified atom stereocenters. The molecule has 1 rings (SSSR count). The van der Waals surface area contributed by atoms with Gasteiger partial charge in [-0.1, -0.05) is 78.8 Å². The minimum Gasteiger partial charge on any atom is -0.303 e. The maximum Gasteiger partial charge on any atom is 0.241 e. The van der Waals surface area contributed by atoms with Gasteiger partial charge in [-0.25, -0.2) is 0 Å². The fourth-order valence-corrected chi connectivity index (χ4v) is 2.45. The van der Waals surface area contributed by atoms with Gasteiger partial charge < -0.3 is 4.90 Å². The summed E-state index contributed by atoms with van der Waals surface area (Å²) in [6.45, 7) is 8.83. The van der Waals surface area contributed by atoms with Crippen LogP contribution in [0.5, 0.6) is 0 Å². The third kappa shape index (κ3) is 3.06. The SMILES string of the molecule is CCN1N=CN(C(Cl)(Cl)C(Cl)(Cl)Cl)C1C(C)(C)C. The molecule has 0 aromatic heterocycles. The van der Waals surface area contributed by atoms with Crippen LogP contribution in [-0.4, -0.2) is 37.2 Å². The van der Waals surface area contributed by atoms with Gasteiger partial charge in [-0.3, -0.25) is 5.01 Å². The lowest BCUT2D eigenvalue weighted by molar-refractivity contribution is 0.0274. The Balaban J connectivity index is 3.13. The summed E-state index contributed by atoms with van der Waals surface area (Å²) in [5.74, 6) is 0. The number of alkyl halides is 5. The smallest absolute Gasteiger partial charge is 0.241 e. The van der Waals surface area contributed by atoms with Gasteiger partial charge >= 0.3 is 0 Å². The molecule has 1 atom stereocenters. The van der Waals surface area contributed by atoms with Crippen LogP contribution in [0.4, 0.5) is 0 Å². The average Bonchev–Trinajstić information content (AvgIpc) is 2.58. The van der Waals surface area contributed by atoms with Crippen LogP contribution in [0.3, 0.4) is 0 Å². The van der Waals surface area contributed by atoms with Crippen LogP contribution in [0.2, 0.25) is 0 Å². The third-order valence-electron chi connectivity index (χ3n) is 2.63. The number of hydrogen-bond acceptors (Lipinski definition) is 3. The molecule has 0 spiro atoms. The molecule has 1 heterocycles. The highest BCUT2D eigenvalue weighted by Crippen LogP contribution is 2.51. The van der Waals surface area contributed by atoms with E-state index in [-0.39, 0.29) is 11.6 Å².